The van der Waals surface area contributed by atoms with Gasteiger partial charge in [-0.15, -0.1) is 0 Å². The van der Waals surface area contributed by atoms with E-state index in [1.165, 1.54) is 77.5 Å². The molecule has 0 bridgehead atoms. The molecule has 0 aromatic heterocycles. The Kier molecular flexibility index (Phi) is 9.51. The Morgan fingerprint density at radius 2 is 1.71 bits per heavy atom. The van der Waals surface area contributed by atoms with Crippen molar-refractivity contribution in [3.8, 4) is 0 Å². The van der Waals surface area contributed by atoms with Gasteiger partial charge in [-0.2, -0.15) is 0 Å². The highest BCUT2D eigenvalue weighted by Crippen LogP contribution is 2.18. The Hall–Kier alpha value is -0.810. The highest BCUT2D eigenvalue weighted by atomic mass is 15.2. The van der Waals surface area contributed by atoms with Gasteiger partial charge >= 0.3 is 0 Å². The largest absolute Gasteiger partial charge is 0.356 e. The van der Waals surface area contributed by atoms with Crippen LogP contribution < -0.4 is 10.6 Å². The van der Waals surface area contributed by atoms with Crippen molar-refractivity contribution in [3.63, 3.8) is 0 Å². The molecule has 0 aliphatic carbocycles. The number of likely N-dealkylation sites (tertiary alicyclic amines) is 2. The molecule has 0 saturated carbocycles. The van der Waals surface area contributed by atoms with Crippen molar-refractivity contribution in [2.45, 2.75) is 64.3 Å². The van der Waals surface area contributed by atoms with Crippen molar-refractivity contribution in [3.05, 3.63) is 0 Å². The SMILES string of the molecule is CCC1CCCCN1CCNC(=NC)NCCCCN1CCCC1. The molecule has 0 spiro atoms. The Labute approximate surface area is 149 Å². The van der Waals surface area contributed by atoms with Crippen molar-refractivity contribution in [1.82, 2.24) is 20.4 Å². The molecule has 1 atom stereocenters. The predicted octanol–water partition coefficient (Wildman–Crippen LogP) is 2.29. The lowest BCUT2D eigenvalue weighted by molar-refractivity contribution is 0.147. The molecular formula is C19H39N5. The average Bonchev–Trinajstić information content (AvgIpc) is 3.13. The third-order valence-corrected chi connectivity index (χ3v) is 5.53. The number of hydrogen-bond donors (Lipinski definition) is 2. The smallest absolute Gasteiger partial charge is 0.191 e. The maximum absolute atomic E-state index is 4.35. The molecule has 2 saturated heterocycles. The Morgan fingerprint density at radius 3 is 2.46 bits per heavy atom. The Balaban J connectivity index is 1.51. The van der Waals surface area contributed by atoms with Gasteiger partial charge in [0.2, 0.25) is 0 Å². The number of piperidine rings is 1. The van der Waals surface area contributed by atoms with Crippen LogP contribution in [0.4, 0.5) is 0 Å². The first-order valence-electron chi connectivity index (χ1n) is 10.2. The quantitative estimate of drug-likeness (QED) is 0.385. The van der Waals surface area contributed by atoms with E-state index < -0.39 is 0 Å². The van der Waals surface area contributed by atoms with Gasteiger partial charge in [0, 0.05) is 32.7 Å². The molecule has 5 nitrogen and oxygen atoms in total. The van der Waals surface area contributed by atoms with Gasteiger partial charge in [-0.05, 0) is 71.1 Å². The lowest BCUT2D eigenvalue weighted by Crippen LogP contribution is -2.46. The number of nitrogens with one attached hydrogen (secondary N) is 2. The van der Waals surface area contributed by atoms with Crippen LogP contribution in [0.15, 0.2) is 4.99 Å². The standard InChI is InChI=1S/C19H39N5/c1-3-18-10-4-6-16-24(18)17-12-22-19(20-2)21-11-5-7-13-23-14-8-9-15-23/h18H,3-17H2,1-2H3,(H2,20,21,22). The van der Waals surface area contributed by atoms with Crippen LogP contribution in [0.5, 0.6) is 0 Å². The van der Waals surface area contributed by atoms with Crippen molar-refractivity contribution in [1.29, 1.82) is 0 Å². The maximum Gasteiger partial charge on any atom is 0.191 e. The minimum absolute atomic E-state index is 0.793. The van der Waals surface area contributed by atoms with Gasteiger partial charge in [-0.3, -0.25) is 9.89 Å². The van der Waals surface area contributed by atoms with Crippen molar-refractivity contribution >= 4 is 5.96 Å². The second-order valence-electron chi connectivity index (χ2n) is 7.28. The van der Waals surface area contributed by atoms with Crippen LogP contribution in [0.25, 0.3) is 0 Å². The fraction of sp³-hybridized carbons (Fsp3) is 0.947. The topological polar surface area (TPSA) is 42.9 Å². The maximum atomic E-state index is 4.35. The molecule has 0 amide bonds. The van der Waals surface area contributed by atoms with Crippen molar-refractivity contribution in [2.24, 2.45) is 4.99 Å². The molecule has 5 heteroatoms. The van der Waals surface area contributed by atoms with Crippen molar-refractivity contribution in [2.75, 3.05) is 52.9 Å². The summed E-state index contributed by atoms with van der Waals surface area (Å²) in [5, 5.41) is 6.94. The van der Waals surface area contributed by atoms with E-state index in [0.717, 1.165) is 31.6 Å². The van der Waals surface area contributed by atoms with Gasteiger partial charge in [0.1, 0.15) is 0 Å². The Bertz CT molecular complexity index is 352. The molecule has 2 aliphatic heterocycles. The third kappa shape index (κ3) is 6.98. The number of guanidine groups is 1. The van der Waals surface area contributed by atoms with Gasteiger partial charge in [0.15, 0.2) is 5.96 Å². The molecule has 1 unspecified atom stereocenters. The summed E-state index contributed by atoms with van der Waals surface area (Å²) >= 11 is 0. The summed E-state index contributed by atoms with van der Waals surface area (Å²) in [5.74, 6) is 0.959. The van der Waals surface area contributed by atoms with Crippen LogP contribution in [0.1, 0.15) is 58.3 Å². The lowest BCUT2D eigenvalue weighted by atomic mass is 10.0. The number of hydrogen-bond acceptors (Lipinski definition) is 3. The molecule has 2 N–H and O–H groups in total. The van der Waals surface area contributed by atoms with E-state index in [0.29, 0.717) is 0 Å². The second kappa shape index (κ2) is 11.7. The normalized spacial score (nSPS) is 23.6. The van der Waals surface area contributed by atoms with Crippen LogP contribution in [0.3, 0.4) is 0 Å². The van der Waals surface area contributed by atoms with E-state index in [1.807, 2.05) is 7.05 Å². The zero-order valence-electron chi connectivity index (χ0n) is 16.0. The van der Waals surface area contributed by atoms with Crippen LogP contribution >= 0.6 is 0 Å². The first-order chi connectivity index (χ1) is 11.8. The van der Waals surface area contributed by atoms with E-state index in [2.05, 4.69) is 32.3 Å². The molecule has 2 fully saturated rings. The molecule has 2 heterocycles. The minimum atomic E-state index is 0.793. The zero-order valence-corrected chi connectivity index (χ0v) is 16.0. The molecule has 2 aliphatic rings. The molecule has 0 aromatic carbocycles. The number of rotatable bonds is 9. The second-order valence-corrected chi connectivity index (χ2v) is 7.28. The fourth-order valence-electron chi connectivity index (χ4n) is 4.03. The van der Waals surface area contributed by atoms with Gasteiger partial charge in [-0.1, -0.05) is 13.3 Å². The summed E-state index contributed by atoms with van der Waals surface area (Å²) in [7, 11) is 1.87. The fourth-order valence-corrected chi connectivity index (χ4v) is 4.03. The summed E-state index contributed by atoms with van der Waals surface area (Å²) in [6.45, 7) is 10.6. The highest BCUT2D eigenvalue weighted by Gasteiger charge is 2.19. The van der Waals surface area contributed by atoms with E-state index in [9.17, 15) is 0 Å². The highest BCUT2D eigenvalue weighted by molar-refractivity contribution is 5.79. The molecule has 2 rings (SSSR count). The molecular weight excluding hydrogens is 298 g/mol. The first-order valence-corrected chi connectivity index (χ1v) is 10.2. The third-order valence-electron chi connectivity index (χ3n) is 5.53. The van der Waals surface area contributed by atoms with E-state index in [-0.39, 0.29) is 0 Å². The molecule has 0 aromatic rings. The predicted molar refractivity (Wildman–Crippen MR) is 104 cm³/mol. The van der Waals surface area contributed by atoms with Crippen LogP contribution in [0.2, 0.25) is 0 Å². The van der Waals surface area contributed by atoms with E-state index >= 15 is 0 Å². The lowest BCUT2D eigenvalue weighted by Gasteiger charge is -2.35. The summed E-state index contributed by atoms with van der Waals surface area (Å²) in [4.78, 5) is 9.60. The number of nitrogens with zero attached hydrogens (tertiary/aromatic N) is 3. The van der Waals surface area contributed by atoms with Gasteiger partial charge in [0.05, 0.1) is 0 Å². The minimum Gasteiger partial charge on any atom is -0.356 e. The monoisotopic (exact) mass is 337 g/mol. The van der Waals surface area contributed by atoms with Crippen LogP contribution in [0, 0.1) is 0 Å². The first kappa shape index (κ1) is 19.5. The number of aliphatic imine (C=N–C) groups is 1. The van der Waals surface area contributed by atoms with E-state index in [1.54, 1.807) is 0 Å². The molecule has 140 valence electrons. The zero-order chi connectivity index (χ0) is 17.0. The summed E-state index contributed by atoms with van der Waals surface area (Å²) in [6.07, 6.45) is 10.7. The van der Waals surface area contributed by atoms with Gasteiger partial charge in [0.25, 0.3) is 0 Å². The van der Waals surface area contributed by atoms with Gasteiger partial charge < -0.3 is 15.5 Å². The summed E-state index contributed by atoms with van der Waals surface area (Å²) in [5.41, 5.74) is 0. The van der Waals surface area contributed by atoms with Crippen LogP contribution in [-0.2, 0) is 0 Å². The average molecular weight is 338 g/mol. The number of unbranched alkanes of at least 4 members (excludes halogenated alkanes) is 1. The Morgan fingerprint density at radius 1 is 0.958 bits per heavy atom. The van der Waals surface area contributed by atoms with Crippen molar-refractivity contribution < 1.29 is 0 Å². The molecule has 24 heavy (non-hydrogen) atoms. The molecule has 0 radical (unpaired) electrons. The summed E-state index contributed by atoms with van der Waals surface area (Å²) < 4.78 is 0. The summed E-state index contributed by atoms with van der Waals surface area (Å²) in [6, 6.07) is 0.793. The van der Waals surface area contributed by atoms with Crippen LogP contribution in [-0.4, -0.2) is 74.7 Å². The van der Waals surface area contributed by atoms with Gasteiger partial charge in [-0.25, -0.2) is 0 Å². The van der Waals surface area contributed by atoms with E-state index in [4.69, 9.17) is 0 Å².